The molecule has 1 aliphatic rings. The Morgan fingerprint density at radius 2 is 2.00 bits per heavy atom. The van der Waals surface area contributed by atoms with Crippen molar-refractivity contribution in [3.8, 4) is 0 Å². The lowest BCUT2D eigenvalue weighted by Gasteiger charge is -2.42. The van der Waals surface area contributed by atoms with E-state index >= 15 is 0 Å². The van der Waals surface area contributed by atoms with Crippen molar-refractivity contribution in [3.05, 3.63) is 53.3 Å². The van der Waals surface area contributed by atoms with Crippen LogP contribution in [0.4, 0.5) is 0 Å². The molecular weight excluding hydrogens is 360 g/mol. The van der Waals surface area contributed by atoms with Crippen LogP contribution in [0.1, 0.15) is 55.2 Å². The summed E-state index contributed by atoms with van der Waals surface area (Å²) in [5.74, 6) is 0.0905. The molecule has 3 rings (SSSR count). The highest BCUT2D eigenvalue weighted by molar-refractivity contribution is 5.95. The van der Waals surface area contributed by atoms with Crippen LogP contribution in [0.3, 0.4) is 0 Å². The minimum atomic E-state index is -0.0567. The lowest BCUT2D eigenvalue weighted by Crippen LogP contribution is -2.54. The lowest BCUT2D eigenvalue weighted by molar-refractivity contribution is 0.0531. The van der Waals surface area contributed by atoms with Gasteiger partial charge in [-0.1, -0.05) is 57.5 Å². The van der Waals surface area contributed by atoms with Crippen molar-refractivity contribution < 1.29 is 4.79 Å². The first-order valence-electron chi connectivity index (χ1n) is 9.56. The Morgan fingerprint density at radius 3 is 2.63 bits per heavy atom. The largest absolute Gasteiger partial charge is 0.338 e. The van der Waals surface area contributed by atoms with Crippen LogP contribution in [-0.4, -0.2) is 39.7 Å². The van der Waals surface area contributed by atoms with Gasteiger partial charge in [-0.25, -0.2) is 0 Å². The fraction of sp³-hybridized carbons (Fsp3) is 0.524. The van der Waals surface area contributed by atoms with Gasteiger partial charge in [-0.15, -0.1) is 12.4 Å². The first-order valence-corrected chi connectivity index (χ1v) is 9.56. The van der Waals surface area contributed by atoms with Gasteiger partial charge in [-0.05, 0) is 23.8 Å². The molecule has 148 valence electrons. The van der Waals surface area contributed by atoms with Gasteiger partial charge >= 0.3 is 0 Å². The molecule has 1 aromatic heterocycles. The number of carbonyl (C=O) groups is 1. The minimum absolute atomic E-state index is 0. The number of nitrogens with zero attached hydrogens (tertiary/aromatic N) is 3. The summed E-state index contributed by atoms with van der Waals surface area (Å²) in [5, 5.41) is 4.54. The van der Waals surface area contributed by atoms with Crippen LogP contribution in [0.15, 0.2) is 36.5 Å². The number of aromatic nitrogens is 2. The molecule has 0 aliphatic carbocycles. The van der Waals surface area contributed by atoms with Crippen LogP contribution in [0.5, 0.6) is 0 Å². The van der Waals surface area contributed by atoms with Crippen molar-refractivity contribution in [1.29, 1.82) is 0 Å². The molecule has 1 atom stereocenters. The van der Waals surface area contributed by atoms with E-state index in [9.17, 15) is 4.79 Å². The molecule has 1 aliphatic heterocycles. The molecule has 6 heteroatoms. The first-order chi connectivity index (χ1) is 12.4. The third-order valence-corrected chi connectivity index (χ3v) is 5.44. The van der Waals surface area contributed by atoms with Gasteiger partial charge in [-0.3, -0.25) is 9.48 Å². The van der Waals surface area contributed by atoms with Gasteiger partial charge in [0.05, 0.1) is 24.0 Å². The van der Waals surface area contributed by atoms with E-state index in [1.807, 2.05) is 27.8 Å². The fourth-order valence-electron chi connectivity index (χ4n) is 3.70. The molecule has 0 spiro atoms. The zero-order valence-electron chi connectivity index (χ0n) is 16.5. The monoisotopic (exact) mass is 390 g/mol. The van der Waals surface area contributed by atoms with Crippen molar-refractivity contribution in [3.63, 3.8) is 0 Å². The van der Waals surface area contributed by atoms with Crippen molar-refractivity contribution in [2.24, 2.45) is 11.1 Å². The summed E-state index contributed by atoms with van der Waals surface area (Å²) in [4.78, 5) is 15.1. The van der Waals surface area contributed by atoms with Gasteiger partial charge in [-0.2, -0.15) is 5.10 Å². The molecule has 1 fully saturated rings. The summed E-state index contributed by atoms with van der Waals surface area (Å²) in [6.45, 7) is 8.53. The van der Waals surface area contributed by atoms with E-state index in [4.69, 9.17) is 5.73 Å². The predicted octanol–water partition coefficient (Wildman–Crippen LogP) is 3.51. The third-order valence-electron chi connectivity index (χ3n) is 5.44. The number of likely N-dealkylation sites (tertiary alicyclic amines) is 1. The Labute approximate surface area is 168 Å². The lowest BCUT2D eigenvalue weighted by atomic mass is 9.79. The normalized spacial score (nSPS) is 18.8. The van der Waals surface area contributed by atoms with Crippen molar-refractivity contribution in [2.75, 3.05) is 13.1 Å². The average Bonchev–Trinajstić information content (AvgIpc) is 3.00. The van der Waals surface area contributed by atoms with Crippen LogP contribution in [0.25, 0.3) is 0 Å². The molecule has 2 N–H and O–H groups in total. The van der Waals surface area contributed by atoms with E-state index in [1.165, 1.54) is 5.56 Å². The maximum absolute atomic E-state index is 13.2. The summed E-state index contributed by atoms with van der Waals surface area (Å²) >= 11 is 0. The zero-order valence-corrected chi connectivity index (χ0v) is 17.3. The number of halogens is 1. The van der Waals surface area contributed by atoms with E-state index in [0.29, 0.717) is 13.1 Å². The van der Waals surface area contributed by atoms with E-state index in [-0.39, 0.29) is 29.8 Å². The van der Waals surface area contributed by atoms with E-state index in [2.05, 4.69) is 38.0 Å². The highest BCUT2D eigenvalue weighted by Crippen LogP contribution is 2.29. The predicted molar refractivity (Wildman–Crippen MR) is 111 cm³/mol. The van der Waals surface area contributed by atoms with Crippen molar-refractivity contribution >= 4 is 18.3 Å². The highest BCUT2D eigenvalue weighted by atomic mass is 35.5. The standard InChI is InChI=1S/C21H30N4O.ClH/c1-4-8-18-17(13-23-25(18)14-16-9-6-5-7-10-16)20(26)24-12-11-19(22)21(2,3)15-24;/h5-7,9-10,13,19H,4,8,11-12,14-15,22H2,1-3H3;1H. The maximum Gasteiger partial charge on any atom is 0.257 e. The van der Waals surface area contributed by atoms with Crippen molar-refractivity contribution in [2.45, 2.75) is 52.6 Å². The molecular formula is C21H31ClN4O. The molecule has 1 saturated heterocycles. The summed E-state index contributed by atoms with van der Waals surface area (Å²) < 4.78 is 1.98. The van der Waals surface area contributed by atoms with E-state index in [1.54, 1.807) is 6.20 Å². The molecule has 5 nitrogen and oxygen atoms in total. The number of hydrogen-bond acceptors (Lipinski definition) is 3. The second-order valence-electron chi connectivity index (χ2n) is 8.01. The number of piperidine rings is 1. The number of nitrogens with two attached hydrogens (primary N) is 1. The number of amides is 1. The van der Waals surface area contributed by atoms with Crippen molar-refractivity contribution in [1.82, 2.24) is 14.7 Å². The smallest absolute Gasteiger partial charge is 0.257 e. The van der Waals surface area contributed by atoms with Crippen LogP contribution >= 0.6 is 12.4 Å². The van der Waals surface area contributed by atoms with E-state index in [0.717, 1.165) is 37.1 Å². The van der Waals surface area contributed by atoms with Gasteiger partial charge in [0.1, 0.15) is 0 Å². The van der Waals surface area contributed by atoms with Gasteiger partial charge in [0.2, 0.25) is 0 Å². The van der Waals surface area contributed by atoms with Gasteiger partial charge in [0.25, 0.3) is 5.91 Å². The summed E-state index contributed by atoms with van der Waals surface area (Å²) in [7, 11) is 0. The molecule has 0 radical (unpaired) electrons. The van der Waals surface area contributed by atoms with Crippen LogP contribution < -0.4 is 5.73 Å². The average molecular weight is 391 g/mol. The minimum Gasteiger partial charge on any atom is -0.338 e. The Morgan fingerprint density at radius 1 is 1.30 bits per heavy atom. The topological polar surface area (TPSA) is 64.2 Å². The van der Waals surface area contributed by atoms with Gasteiger partial charge < -0.3 is 10.6 Å². The Balaban J connectivity index is 0.00000261. The molecule has 1 aromatic carbocycles. The quantitative estimate of drug-likeness (QED) is 0.849. The van der Waals surface area contributed by atoms with Crippen LogP contribution in [0, 0.1) is 5.41 Å². The van der Waals surface area contributed by atoms with Crippen LogP contribution in [-0.2, 0) is 13.0 Å². The van der Waals surface area contributed by atoms with Gasteiger partial charge in [0.15, 0.2) is 0 Å². The molecule has 1 amide bonds. The second-order valence-corrected chi connectivity index (χ2v) is 8.01. The number of rotatable bonds is 5. The molecule has 2 aromatic rings. The molecule has 2 heterocycles. The fourth-order valence-corrected chi connectivity index (χ4v) is 3.70. The summed E-state index contributed by atoms with van der Waals surface area (Å²) in [6, 6.07) is 10.4. The summed E-state index contributed by atoms with van der Waals surface area (Å²) in [6.07, 6.45) is 4.43. The molecule has 0 bridgehead atoms. The number of carbonyl (C=O) groups excluding carboxylic acids is 1. The maximum atomic E-state index is 13.2. The van der Waals surface area contributed by atoms with E-state index < -0.39 is 0 Å². The Bertz CT molecular complexity index is 757. The third kappa shape index (κ3) is 4.71. The number of hydrogen-bond donors (Lipinski definition) is 1. The van der Waals surface area contributed by atoms with Crippen LogP contribution in [0.2, 0.25) is 0 Å². The Kier molecular flexibility index (Phi) is 7.06. The zero-order chi connectivity index (χ0) is 18.7. The highest BCUT2D eigenvalue weighted by Gasteiger charge is 2.36. The molecule has 27 heavy (non-hydrogen) atoms. The molecule has 0 saturated carbocycles. The Hall–Kier alpha value is -1.85. The SMILES string of the molecule is CCCc1c(C(=O)N2CCC(N)C(C)(C)C2)cnn1Cc1ccccc1.Cl. The number of benzene rings is 1. The molecule has 1 unspecified atom stereocenters. The van der Waals surface area contributed by atoms with Gasteiger partial charge in [0, 0.05) is 19.1 Å². The second kappa shape index (κ2) is 8.89. The first kappa shape index (κ1) is 21.5. The summed E-state index contributed by atoms with van der Waals surface area (Å²) in [5.41, 5.74) is 9.14.